The lowest BCUT2D eigenvalue weighted by Gasteiger charge is -2.14. The molecule has 0 saturated carbocycles. The Morgan fingerprint density at radius 2 is 2.46 bits per heavy atom. The van der Waals surface area contributed by atoms with E-state index < -0.39 is 5.91 Å². The molecule has 0 fully saturated rings. The van der Waals surface area contributed by atoms with Crippen LogP contribution in [0.5, 0.6) is 0 Å². The van der Waals surface area contributed by atoms with E-state index in [-0.39, 0.29) is 11.8 Å². The van der Waals surface area contributed by atoms with Crippen LogP contribution in [0.25, 0.3) is 0 Å². The lowest BCUT2D eigenvalue weighted by molar-refractivity contribution is -0.116. The van der Waals surface area contributed by atoms with Crippen LogP contribution in [-0.2, 0) is 4.79 Å². The molecular weight excluding hydrogens is 194 g/mol. The summed E-state index contributed by atoms with van der Waals surface area (Å²) < 4.78 is 0. The van der Waals surface area contributed by atoms with Gasteiger partial charge in [0, 0.05) is 7.05 Å². The average Bonchev–Trinajstić information content (AvgIpc) is 2.03. The molecule has 0 aromatic carbocycles. The number of carbonyl (C=O) groups is 1. The number of nitrogens with zero attached hydrogens (tertiary/aromatic N) is 4. The highest BCUT2D eigenvalue weighted by atomic mass is 35.5. The van der Waals surface area contributed by atoms with Crippen molar-refractivity contribution >= 4 is 23.3 Å². The van der Waals surface area contributed by atoms with Crippen molar-refractivity contribution in [3.63, 3.8) is 0 Å². The van der Waals surface area contributed by atoms with Gasteiger partial charge in [0.05, 0.1) is 12.7 Å². The fourth-order valence-electron chi connectivity index (χ4n) is 0.773. The fraction of sp³-hybridized carbons (Fsp3) is 0.333. The molecule has 0 radical (unpaired) electrons. The number of halogens is 1. The third kappa shape index (κ3) is 2.83. The highest BCUT2D eigenvalue weighted by Crippen LogP contribution is 2.07. The van der Waals surface area contributed by atoms with Gasteiger partial charge in [-0.2, -0.15) is 10.1 Å². The van der Waals surface area contributed by atoms with E-state index in [1.54, 1.807) is 7.05 Å². The minimum atomic E-state index is -0.447. The second kappa shape index (κ2) is 3.99. The van der Waals surface area contributed by atoms with Gasteiger partial charge in [0.25, 0.3) is 0 Å². The first-order chi connectivity index (χ1) is 6.09. The van der Waals surface area contributed by atoms with Crippen LogP contribution in [0.3, 0.4) is 0 Å². The average molecular weight is 202 g/mol. The van der Waals surface area contributed by atoms with Gasteiger partial charge in [-0.1, -0.05) is 0 Å². The second-order valence-electron chi connectivity index (χ2n) is 2.41. The Bertz CT molecular complexity index is 318. The number of anilines is 1. The molecule has 0 bridgehead atoms. The molecule has 1 amide bonds. The Labute approximate surface area is 79.7 Å². The van der Waals surface area contributed by atoms with Gasteiger partial charge in [0.2, 0.25) is 11.2 Å². The van der Waals surface area contributed by atoms with E-state index in [1.165, 1.54) is 11.1 Å². The summed E-state index contributed by atoms with van der Waals surface area (Å²) in [7, 11) is 1.66. The molecule has 0 saturated heterocycles. The summed E-state index contributed by atoms with van der Waals surface area (Å²) in [6.45, 7) is 0.0645. The number of likely N-dealkylation sites (N-methyl/N-ethyl adjacent to an activating group) is 1. The molecule has 2 N–H and O–H groups in total. The van der Waals surface area contributed by atoms with E-state index in [4.69, 9.17) is 17.3 Å². The monoisotopic (exact) mass is 201 g/mol. The molecule has 1 rings (SSSR count). The van der Waals surface area contributed by atoms with E-state index in [0.717, 1.165) is 0 Å². The smallest absolute Gasteiger partial charge is 0.244 e. The van der Waals surface area contributed by atoms with Crippen LogP contribution in [0.15, 0.2) is 6.20 Å². The van der Waals surface area contributed by atoms with Gasteiger partial charge in [-0.05, 0) is 11.6 Å². The molecular formula is C6H8ClN5O. The zero-order chi connectivity index (χ0) is 9.84. The van der Waals surface area contributed by atoms with E-state index in [0.29, 0.717) is 5.82 Å². The normalized spacial score (nSPS) is 9.69. The lowest BCUT2D eigenvalue weighted by Crippen LogP contribution is -2.31. The third-order valence-electron chi connectivity index (χ3n) is 1.30. The van der Waals surface area contributed by atoms with Gasteiger partial charge in [-0.25, -0.2) is 0 Å². The van der Waals surface area contributed by atoms with Gasteiger partial charge in [-0.15, -0.1) is 5.10 Å². The topological polar surface area (TPSA) is 85.0 Å². The lowest BCUT2D eigenvalue weighted by atomic mass is 10.5. The SMILES string of the molecule is CN(CC(N)=O)c1cnnc(Cl)n1. The number of aromatic nitrogens is 3. The Balaban J connectivity index is 2.76. The molecule has 0 aliphatic heterocycles. The molecule has 6 nitrogen and oxygen atoms in total. The van der Waals surface area contributed by atoms with Gasteiger partial charge in [0.15, 0.2) is 5.82 Å². The summed E-state index contributed by atoms with van der Waals surface area (Å²) in [5.41, 5.74) is 4.99. The Hall–Kier alpha value is -1.43. The van der Waals surface area contributed by atoms with Gasteiger partial charge in [-0.3, -0.25) is 4.79 Å². The Morgan fingerprint density at radius 3 is 3.00 bits per heavy atom. The first-order valence-electron chi connectivity index (χ1n) is 3.44. The van der Waals surface area contributed by atoms with Crippen LogP contribution in [0.4, 0.5) is 5.82 Å². The summed E-state index contributed by atoms with van der Waals surface area (Å²) in [6.07, 6.45) is 1.40. The molecule has 1 aromatic heterocycles. The maximum absolute atomic E-state index is 10.6. The third-order valence-corrected chi connectivity index (χ3v) is 1.46. The summed E-state index contributed by atoms with van der Waals surface area (Å²) in [5.74, 6) is 0.0102. The highest BCUT2D eigenvalue weighted by Gasteiger charge is 2.06. The van der Waals surface area contributed by atoms with E-state index in [1.807, 2.05) is 0 Å². The highest BCUT2D eigenvalue weighted by molar-refractivity contribution is 6.28. The van der Waals surface area contributed by atoms with Crippen LogP contribution in [0.1, 0.15) is 0 Å². The van der Waals surface area contributed by atoms with Crippen molar-refractivity contribution in [1.29, 1.82) is 0 Å². The largest absolute Gasteiger partial charge is 0.368 e. The predicted octanol–water partition coefficient (Wildman–Crippen LogP) is -0.554. The van der Waals surface area contributed by atoms with Crippen molar-refractivity contribution in [3.05, 3.63) is 11.5 Å². The van der Waals surface area contributed by atoms with E-state index >= 15 is 0 Å². The Morgan fingerprint density at radius 1 is 1.77 bits per heavy atom. The number of amides is 1. The van der Waals surface area contributed by atoms with Crippen molar-refractivity contribution in [2.75, 3.05) is 18.5 Å². The minimum Gasteiger partial charge on any atom is -0.368 e. The van der Waals surface area contributed by atoms with Crippen molar-refractivity contribution in [3.8, 4) is 0 Å². The van der Waals surface area contributed by atoms with Gasteiger partial charge in [0.1, 0.15) is 0 Å². The quantitative estimate of drug-likeness (QED) is 0.709. The molecule has 0 aliphatic carbocycles. The summed E-state index contributed by atoms with van der Waals surface area (Å²) in [5, 5.41) is 7.07. The van der Waals surface area contributed by atoms with E-state index in [9.17, 15) is 4.79 Å². The number of rotatable bonds is 3. The van der Waals surface area contributed by atoms with Crippen molar-refractivity contribution < 1.29 is 4.79 Å². The molecule has 0 unspecified atom stereocenters. The standard InChI is InChI=1S/C6H8ClN5O/c1-12(3-4(8)13)5-2-9-11-6(7)10-5/h2H,3H2,1H3,(H2,8,13). The number of carbonyl (C=O) groups excluding carboxylic acids is 1. The first kappa shape index (κ1) is 9.66. The maximum Gasteiger partial charge on any atom is 0.244 e. The number of primary amides is 1. The second-order valence-corrected chi connectivity index (χ2v) is 2.74. The predicted molar refractivity (Wildman–Crippen MR) is 47.3 cm³/mol. The van der Waals surface area contributed by atoms with Crippen LogP contribution in [-0.4, -0.2) is 34.7 Å². The summed E-state index contributed by atoms with van der Waals surface area (Å²) >= 11 is 5.50. The van der Waals surface area contributed by atoms with Crippen molar-refractivity contribution in [2.24, 2.45) is 5.73 Å². The summed E-state index contributed by atoms with van der Waals surface area (Å²) in [4.78, 5) is 15.9. The number of hydrogen-bond donors (Lipinski definition) is 1. The molecule has 0 aliphatic rings. The van der Waals surface area contributed by atoms with Gasteiger partial charge >= 0.3 is 0 Å². The van der Waals surface area contributed by atoms with Crippen molar-refractivity contribution in [2.45, 2.75) is 0 Å². The molecule has 0 spiro atoms. The molecule has 70 valence electrons. The Kier molecular flexibility index (Phi) is 2.97. The maximum atomic E-state index is 10.6. The van der Waals surface area contributed by atoms with Crippen LogP contribution in [0.2, 0.25) is 5.28 Å². The van der Waals surface area contributed by atoms with Crippen LogP contribution in [0, 0.1) is 0 Å². The molecule has 7 heteroatoms. The molecule has 1 aromatic rings. The van der Waals surface area contributed by atoms with Gasteiger partial charge < -0.3 is 10.6 Å². The molecule has 1 heterocycles. The zero-order valence-corrected chi connectivity index (χ0v) is 7.69. The van der Waals surface area contributed by atoms with E-state index in [2.05, 4.69) is 15.2 Å². The number of nitrogens with two attached hydrogens (primary N) is 1. The first-order valence-corrected chi connectivity index (χ1v) is 3.82. The van der Waals surface area contributed by atoms with Crippen LogP contribution < -0.4 is 10.6 Å². The number of hydrogen-bond acceptors (Lipinski definition) is 5. The molecule has 13 heavy (non-hydrogen) atoms. The summed E-state index contributed by atoms with van der Waals surface area (Å²) in [6, 6.07) is 0. The minimum absolute atomic E-state index is 0.0359. The zero-order valence-electron chi connectivity index (χ0n) is 6.94. The van der Waals surface area contributed by atoms with Crippen LogP contribution >= 0.6 is 11.6 Å². The molecule has 0 atom stereocenters. The van der Waals surface area contributed by atoms with Crippen molar-refractivity contribution in [1.82, 2.24) is 15.2 Å². The fourth-order valence-corrected chi connectivity index (χ4v) is 0.903.